The standard InChI is InChI=1S/C8H12Cl2/c9-8(10)4-3-6-1-2-7(8)5-6/h6-7H,1-5H2. The summed E-state index contributed by atoms with van der Waals surface area (Å²) in [5, 5.41) is 0. The molecular weight excluding hydrogens is 167 g/mol. The molecule has 0 radical (unpaired) electrons. The van der Waals surface area contributed by atoms with Crippen LogP contribution in [-0.4, -0.2) is 4.33 Å². The highest BCUT2D eigenvalue weighted by Gasteiger charge is 2.44. The van der Waals surface area contributed by atoms with Crippen LogP contribution in [0.5, 0.6) is 0 Å². The van der Waals surface area contributed by atoms with Gasteiger partial charge in [-0.25, -0.2) is 0 Å². The fourth-order valence-corrected chi connectivity index (χ4v) is 2.94. The maximum atomic E-state index is 6.13. The van der Waals surface area contributed by atoms with Gasteiger partial charge in [-0.15, -0.1) is 23.2 Å². The van der Waals surface area contributed by atoms with Gasteiger partial charge in [0.05, 0.1) is 0 Å². The number of rotatable bonds is 0. The van der Waals surface area contributed by atoms with Gasteiger partial charge in [-0.3, -0.25) is 0 Å². The van der Waals surface area contributed by atoms with E-state index in [0.717, 1.165) is 12.3 Å². The van der Waals surface area contributed by atoms with Gasteiger partial charge < -0.3 is 0 Å². The third kappa shape index (κ3) is 1.06. The topological polar surface area (TPSA) is 0 Å². The fraction of sp³-hybridized carbons (Fsp3) is 1.00. The lowest BCUT2D eigenvalue weighted by Crippen LogP contribution is -2.27. The molecule has 2 unspecified atom stereocenters. The van der Waals surface area contributed by atoms with Crippen LogP contribution >= 0.6 is 23.2 Å². The Morgan fingerprint density at radius 3 is 2.60 bits per heavy atom. The molecule has 0 aliphatic heterocycles. The Morgan fingerprint density at radius 1 is 1.10 bits per heavy atom. The van der Waals surface area contributed by atoms with Crippen molar-refractivity contribution in [3.63, 3.8) is 0 Å². The van der Waals surface area contributed by atoms with E-state index in [0.29, 0.717) is 5.92 Å². The molecule has 58 valence electrons. The molecule has 0 aromatic carbocycles. The van der Waals surface area contributed by atoms with E-state index in [1.54, 1.807) is 0 Å². The van der Waals surface area contributed by atoms with Crippen molar-refractivity contribution in [3.8, 4) is 0 Å². The molecule has 2 aliphatic carbocycles. The average Bonchev–Trinajstić information content (AvgIpc) is 2.26. The van der Waals surface area contributed by atoms with Crippen LogP contribution in [0.4, 0.5) is 0 Å². The number of alkyl halides is 2. The van der Waals surface area contributed by atoms with Gasteiger partial charge in [-0.1, -0.05) is 6.42 Å². The molecule has 10 heavy (non-hydrogen) atoms. The highest BCUT2D eigenvalue weighted by Crippen LogP contribution is 2.52. The lowest BCUT2D eigenvalue weighted by molar-refractivity contribution is 0.340. The zero-order chi connectivity index (χ0) is 7.19. The first-order chi connectivity index (χ1) is 4.68. The second-order valence-corrected chi connectivity index (χ2v) is 5.22. The Bertz CT molecular complexity index is 142. The van der Waals surface area contributed by atoms with Gasteiger partial charge in [0.1, 0.15) is 4.33 Å². The Labute approximate surface area is 71.9 Å². The van der Waals surface area contributed by atoms with Gasteiger partial charge in [-0.2, -0.15) is 0 Å². The van der Waals surface area contributed by atoms with Crippen molar-refractivity contribution < 1.29 is 0 Å². The highest BCUT2D eigenvalue weighted by atomic mass is 35.5. The molecule has 2 bridgehead atoms. The van der Waals surface area contributed by atoms with Crippen LogP contribution in [0, 0.1) is 11.8 Å². The summed E-state index contributed by atoms with van der Waals surface area (Å²) in [5.74, 6) is 1.56. The quantitative estimate of drug-likeness (QED) is 0.500. The van der Waals surface area contributed by atoms with Gasteiger partial charge in [0.25, 0.3) is 0 Å². The molecule has 0 aromatic rings. The van der Waals surface area contributed by atoms with Crippen molar-refractivity contribution in [1.29, 1.82) is 0 Å². The summed E-state index contributed by atoms with van der Waals surface area (Å²) >= 11 is 12.3. The Hall–Kier alpha value is 0.580. The van der Waals surface area contributed by atoms with Crippen molar-refractivity contribution in [2.24, 2.45) is 11.8 Å². The molecule has 0 N–H and O–H groups in total. The van der Waals surface area contributed by atoms with Crippen molar-refractivity contribution in [2.45, 2.75) is 36.4 Å². The minimum absolute atomic E-state index is 0.368. The lowest BCUT2D eigenvalue weighted by Gasteiger charge is -2.31. The van der Waals surface area contributed by atoms with Gasteiger partial charge in [0.2, 0.25) is 0 Å². The van der Waals surface area contributed by atoms with E-state index in [-0.39, 0.29) is 4.33 Å². The van der Waals surface area contributed by atoms with E-state index >= 15 is 0 Å². The highest BCUT2D eigenvalue weighted by molar-refractivity contribution is 6.48. The predicted molar refractivity (Wildman–Crippen MR) is 44.5 cm³/mol. The maximum absolute atomic E-state index is 6.13. The van der Waals surface area contributed by atoms with Crippen LogP contribution in [0.25, 0.3) is 0 Å². The smallest absolute Gasteiger partial charge is 0.101 e. The van der Waals surface area contributed by atoms with E-state index < -0.39 is 0 Å². The van der Waals surface area contributed by atoms with E-state index in [1.807, 2.05) is 0 Å². The molecule has 2 aliphatic rings. The van der Waals surface area contributed by atoms with Crippen molar-refractivity contribution in [2.75, 3.05) is 0 Å². The van der Waals surface area contributed by atoms with E-state index in [9.17, 15) is 0 Å². The molecule has 0 heterocycles. The molecule has 0 amide bonds. The van der Waals surface area contributed by atoms with Gasteiger partial charge in [0, 0.05) is 0 Å². The normalized spacial score (nSPS) is 43.8. The fourth-order valence-electron chi connectivity index (χ4n) is 2.32. The molecule has 0 saturated heterocycles. The summed E-state index contributed by atoms with van der Waals surface area (Å²) in [5.41, 5.74) is 0. The van der Waals surface area contributed by atoms with Crippen LogP contribution in [0.2, 0.25) is 0 Å². The maximum Gasteiger partial charge on any atom is 0.121 e. The van der Waals surface area contributed by atoms with Gasteiger partial charge in [0.15, 0.2) is 0 Å². The van der Waals surface area contributed by atoms with E-state index in [2.05, 4.69) is 0 Å². The van der Waals surface area contributed by atoms with Crippen molar-refractivity contribution >= 4 is 23.2 Å². The zero-order valence-electron chi connectivity index (χ0n) is 5.95. The van der Waals surface area contributed by atoms with E-state index in [4.69, 9.17) is 23.2 Å². The van der Waals surface area contributed by atoms with Crippen molar-refractivity contribution in [3.05, 3.63) is 0 Å². The third-order valence-electron chi connectivity index (χ3n) is 3.02. The van der Waals surface area contributed by atoms with Crippen LogP contribution < -0.4 is 0 Å². The third-order valence-corrected chi connectivity index (χ3v) is 4.02. The van der Waals surface area contributed by atoms with Crippen LogP contribution in [0.1, 0.15) is 32.1 Å². The lowest BCUT2D eigenvalue weighted by atomic mass is 9.88. The Morgan fingerprint density at radius 2 is 1.90 bits per heavy atom. The largest absolute Gasteiger partial charge is 0.121 e. The molecular formula is C8H12Cl2. The summed E-state index contributed by atoms with van der Waals surface area (Å²) < 4.78 is -0.368. The number of halogens is 2. The van der Waals surface area contributed by atoms with Crippen molar-refractivity contribution in [1.82, 2.24) is 0 Å². The number of hydrogen-bond acceptors (Lipinski definition) is 0. The SMILES string of the molecule is ClC1(Cl)CCC2CCC1C2. The Kier molecular flexibility index (Phi) is 1.65. The molecule has 0 nitrogen and oxygen atoms in total. The summed E-state index contributed by atoms with van der Waals surface area (Å²) in [6.45, 7) is 0. The van der Waals surface area contributed by atoms with Gasteiger partial charge >= 0.3 is 0 Å². The second kappa shape index (κ2) is 2.28. The summed E-state index contributed by atoms with van der Waals surface area (Å²) in [6.07, 6.45) is 6.19. The Balaban J connectivity index is 2.14. The summed E-state index contributed by atoms with van der Waals surface area (Å²) in [6, 6.07) is 0. The second-order valence-electron chi connectivity index (χ2n) is 3.68. The monoisotopic (exact) mass is 178 g/mol. The molecule has 2 fully saturated rings. The number of hydrogen-bond donors (Lipinski definition) is 0. The van der Waals surface area contributed by atoms with Gasteiger partial charge in [-0.05, 0) is 37.5 Å². The summed E-state index contributed by atoms with van der Waals surface area (Å²) in [4.78, 5) is 0. The molecule has 2 saturated carbocycles. The van der Waals surface area contributed by atoms with E-state index in [1.165, 1.54) is 25.7 Å². The zero-order valence-corrected chi connectivity index (χ0v) is 7.46. The molecule has 2 heteroatoms. The minimum Gasteiger partial charge on any atom is -0.101 e. The first kappa shape index (κ1) is 7.24. The molecule has 2 atom stereocenters. The minimum atomic E-state index is -0.368. The van der Waals surface area contributed by atoms with Crippen LogP contribution in [0.3, 0.4) is 0 Å². The predicted octanol–water partition coefficient (Wildman–Crippen LogP) is 3.37. The first-order valence-electron chi connectivity index (χ1n) is 4.06. The average molecular weight is 179 g/mol. The molecule has 0 aromatic heterocycles. The number of fused-ring (bicyclic) bond motifs is 2. The summed E-state index contributed by atoms with van der Waals surface area (Å²) in [7, 11) is 0. The van der Waals surface area contributed by atoms with Crippen LogP contribution in [-0.2, 0) is 0 Å². The molecule has 2 rings (SSSR count). The molecule has 0 spiro atoms. The first-order valence-corrected chi connectivity index (χ1v) is 4.82. The van der Waals surface area contributed by atoms with Crippen LogP contribution in [0.15, 0.2) is 0 Å².